The van der Waals surface area contributed by atoms with Gasteiger partial charge in [0, 0.05) is 0 Å². The third-order valence-electron chi connectivity index (χ3n) is 3.38. The Hall–Kier alpha value is -1.04. The van der Waals surface area contributed by atoms with E-state index in [2.05, 4.69) is 52.0 Å². The van der Waals surface area contributed by atoms with E-state index in [-0.39, 0.29) is 0 Å². The molecule has 2 rings (SSSR count). The van der Waals surface area contributed by atoms with Gasteiger partial charge in [-0.25, -0.2) is 0 Å². The first-order valence-electron chi connectivity index (χ1n) is 7.44. The maximum Gasteiger partial charge on any atom is -0.00605 e. The molecule has 0 unspecified atom stereocenters. The first-order valence-corrected chi connectivity index (χ1v) is 7.44. The van der Waals surface area contributed by atoms with Crippen LogP contribution < -0.4 is 0 Å². The fraction of sp³-hybridized carbons (Fsp3) is 0.556. The molecule has 0 fully saturated rings. The molecule has 0 radical (unpaired) electrons. The van der Waals surface area contributed by atoms with E-state index in [0.29, 0.717) is 0 Å². The molecule has 0 spiro atoms. The smallest absolute Gasteiger partial charge is 0.00605 e. The minimum absolute atomic E-state index is 1.15. The summed E-state index contributed by atoms with van der Waals surface area (Å²) in [5.74, 6) is 0. The Kier molecular flexibility index (Phi) is 6.78. The van der Waals surface area contributed by atoms with E-state index in [1.807, 2.05) is 0 Å². The first-order chi connectivity index (χ1) is 8.67. The topological polar surface area (TPSA) is 0 Å². The molecule has 0 heterocycles. The molecule has 1 aromatic carbocycles. The summed E-state index contributed by atoms with van der Waals surface area (Å²) in [5.41, 5.74) is 5.74. The van der Waals surface area contributed by atoms with E-state index in [1.165, 1.54) is 54.4 Å². The third kappa shape index (κ3) is 5.08. The molecule has 0 saturated heterocycles. The van der Waals surface area contributed by atoms with Gasteiger partial charge in [0.1, 0.15) is 0 Å². The summed E-state index contributed by atoms with van der Waals surface area (Å²) in [6.07, 6.45) is 10.4. The molecule has 0 aromatic heterocycles. The first kappa shape index (κ1) is 15.0. The average molecular weight is 244 g/mol. The van der Waals surface area contributed by atoms with Crippen molar-refractivity contribution in [3.8, 4) is 0 Å². The van der Waals surface area contributed by atoms with Gasteiger partial charge in [-0.2, -0.15) is 0 Å². The molecule has 0 amide bonds. The number of fused-ring (bicyclic) bond motifs is 1. The van der Waals surface area contributed by atoms with E-state index < -0.39 is 0 Å². The second-order valence-corrected chi connectivity index (χ2v) is 5.43. The molecule has 1 aliphatic rings. The fourth-order valence-electron chi connectivity index (χ4n) is 2.32. The van der Waals surface area contributed by atoms with Crippen LogP contribution in [0.5, 0.6) is 0 Å². The van der Waals surface area contributed by atoms with Gasteiger partial charge in [-0.05, 0) is 31.4 Å². The van der Waals surface area contributed by atoms with Gasteiger partial charge < -0.3 is 0 Å². The Morgan fingerprint density at radius 2 is 1.61 bits per heavy atom. The highest BCUT2D eigenvalue weighted by Crippen LogP contribution is 2.24. The second-order valence-electron chi connectivity index (χ2n) is 5.43. The van der Waals surface area contributed by atoms with Crippen LogP contribution in [0.4, 0.5) is 0 Å². The predicted octanol–water partition coefficient (Wildman–Crippen LogP) is 5.93. The molecule has 0 aliphatic heterocycles. The van der Waals surface area contributed by atoms with Crippen molar-refractivity contribution in [1.82, 2.24) is 0 Å². The van der Waals surface area contributed by atoms with E-state index in [4.69, 9.17) is 0 Å². The Morgan fingerprint density at radius 1 is 0.944 bits per heavy atom. The van der Waals surface area contributed by atoms with Crippen LogP contribution in [0.2, 0.25) is 0 Å². The molecule has 0 N–H and O–H groups in total. The molecule has 0 saturated carbocycles. The van der Waals surface area contributed by atoms with Crippen LogP contribution in [0, 0.1) is 6.92 Å². The van der Waals surface area contributed by atoms with Gasteiger partial charge in [0.25, 0.3) is 0 Å². The molecule has 1 aliphatic carbocycles. The molecular weight excluding hydrogens is 216 g/mol. The number of hydrogen-bond acceptors (Lipinski definition) is 0. The lowest BCUT2D eigenvalue weighted by Crippen LogP contribution is -1.83. The summed E-state index contributed by atoms with van der Waals surface area (Å²) in [4.78, 5) is 0. The predicted molar refractivity (Wildman–Crippen MR) is 83.0 cm³/mol. The monoisotopic (exact) mass is 244 g/mol. The molecule has 1 aromatic rings. The number of hydrogen-bond donors (Lipinski definition) is 0. The molecule has 0 heteroatoms. The normalized spacial score (nSPS) is 12.6. The zero-order valence-electron chi connectivity index (χ0n) is 12.6. The SMILES string of the molecule is CC1=Cc2ccc(C)cc2C1.CCCCCCC. The van der Waals surface area contributed by atoms with Crippen LogP contribution in [0.25, 0.3) is 6.08 Å². The average Bonchev–Trinajstić information content (AvgIpc) is 2.70. The van der Waals surface area contributed by atoms with Crippen molar-refractivity contribution in [2.24, 2.45) is 0 Å². The number of unbranched alkanes of at least 4 members (excludes halogenated alkanes) is 4. The van der Waals surface area contributed by atoms with Gasteiger partial charge in [-0.3, -0.25) is 0 Å². The van der Waals surface area contributed by atoms with Crippen molar-refractivity contribution >= 4 is 6.08 Å². The summed E-state index contributed by atoms with van der Waals surface area (Å²) in [7, 11) is 0. The van der Waals surface area contributed by atoms with Crippen LogP contribution in [0.15, 0.2) is 23.8 Å². The van der Waals surface area contributed by atoms with Gasteiger partial charge in [0.05, 0.1) is 0 Å². The fourth-order valence-corrected chi connectivity index (χ4v) is 2.32. The van der Waals surface area contributed by atoms with E-state index >= 15 is 0 Å². The van der Waals surface area contributed by atoms with Crippen molar-refractivity contribution in [1.29, 1.82) is 0 Å². The lowest BCUT2D eigenvalue weighted by molar-refractivity contribution is 0.656. The van der Waals surface area contributed by atoms with E-state index in [1.54, 1.807) is 0 Å². The molecule has 18 heavy (non-hydrogen) atoms. The van der Waals surface area contributed by atoms with Crippen LogP contribution >= 0.6 is 0 Å². The van der Waals surface area contributed by atoms with Crippen molar-refractivity contribution in [3.05, 3.63) is 40.5 Å². The summed E-state index contributed by atoms with van der Waals surface area (Å²) < 4.78 is 0. The maximum absolute atomic E-state index is 2.28. The van der Waals surface area contributed by atoms with Crippen LogP contribution in [0.3, 0.4) is 0 Å². The van der Waals surface area contributed by atoms with Crippen molar-refractivity contribution in [2.45, 2.75) is 66.2 Å². The second kappa shape index (κ2) is 8.13. The van der Waals surface area contributed by atoms with Crippen molar-refractivity contribution in [2.75, 3.05) is 0 Å². The van der Waals surface area contributed by atoms with Gasteiger partial charge in [-0.15, -0.1) is 0 Å². The molecule has 0 bridgehead atoms. The molecular formula is C18H28. The van der Waals surface area contributed by atoms with Crippen LogP contribution in [-0.4, -0.2) is 0 Å². The van der Waals surface area contributed by atoms with Crippen molar-refractivity contribution in [3.63, 3.8) is 0 Å². The summed E-state index contributed by atoms with van der Waals surface area (Å²) in [6, 6.07) is 6.66. The minimum Gasteiger partial charge on any atom is -0.0683 e. The highest BCUT2D eigenvalue weighted by molar-refractivity contribution is 5.63. The standard InChI is InChI=1S/C11H12.C7H16/c1-8-3-4-10-6-9(2)7-11(10)5-8;1-3-5-7-6-4-2/h3-6H,7H2,1-2H3;3-7H2,1-2H3. The lowest BCUT2D eigenvalue weighted by atomic mass is 10.1. The quantitative estimate of drug-likeness (QED) is 0.576. The summed E-state index contributed by atoms with van der Waals surface area (Å²) in [5, 5.41) is 0. The van der Waals surface area contributed by atoms with Crippen LogP contribution in [-0.2, 0) is 6.42 Å². The largest absolute Gasteiger partial charge is 0.0683 e. The van der Waals surface area contributed by atoms with Crippen LogP contribution in [0.1, 0.15) is 69.6 Å². The molecule has 100 valence electrons. The maximum atomic E-state index is 2.28. The molecule has 0 nitrogen and oxygen atoms in total. The van der Waals surface area contributed by atoms with E-state index in [0.717, 1.165) is 6.42 Å². The third-order valence-corrected chi connectivity index (χ3v) is 3.38. The number of rotatable bonds is 4. The molecule has 0 atom stereocenters. The lowest BCUT2D eigenvalue weighted by Gasteiger charge is -1.98. The van der Waals surface area contributed by atoms with Gasteiger partial charge in [0.15, 0.2) is 0 Å². The van der Waals surface area contributed by atoms with Gasteiger partial charge in [0.2, 0.25) is 0 Å². The highest BCUT2D eigenvalue weighted by atomic mass is 14.1. The number of aryl methyl sites for hydroxylation is 1. The van der Waals surface area contributed by atoms with E-state index in [9.17, 15) is 0 Å². The zero-order chi connectivity index (χ0) is 13.4. The Labute approximate surface area is 113 Å². The Bertz CT molecular complexity index is 381. The zero-order valence-corrected chi connectivity index (χ0v) is 12.6. The van der Waals surface area contributed by atoms with Gasteiger partial charge in [-0.1, -0.05) is 81.4 Å². The highest BCUT2D eigenvalue weighted by Gasteiger charge is 2.07. The Morgan fingerprint density at radius 3 is 2.22 bits per heavy atom. The number of allylic oxidation sites excluding steroid dienone is 1. The van der Waals surface area contributed by atoms with Crippen molar-refractivity contribution < 1.29 is 0 Å². The van der Waals surface area contributed by atoms with Gasteiger partial charge >= 0.3 is 0 Å². The summed E-state index contributed by atoms with van der Waals surface area (Å²) >= 11 is 0. The number of benzene rings is 1. The summed E-state index contributed by atoms with van der Waals surface area (Å²) in [6.45, 7) is 8.83. The minimum atomic E-state index is 1.15. The Balaban J connectivity index is 0.000000203.